The number of carbonyl (C=O) groups excluding carboxylic acids is 1. The number of fused-ring (bicyclic) bond motifs is 1. The van der Waals surface area contributed by atoms with Crippen LogP contribution in [-0.4, -0.2) is 22.9 Å². The van der Waals surface area contributed by atoms with Gasteiger partial charge in [0.05, 0.1) is 24.9 Å². The van der Waals surface area contributed by atoms with E-state index in [1.54, 1.807) is 0 Å². The molecule has 1 heterocycles. The molecule has 0 saturated carbocycles. The smallest absolute Gasteiger partial charge is 0.330 e. The molecule has 1 aromatic heterocycles. The minimum atomic E-state index is -2.69. The minimum Gasteiger partial charge on any atom is -0.466 e. The van der Waals surface area contributed by atoms with Crippen LogP contribution in [0.15, 0.2) is 42.5 Å². The summed E-state index contributed by atoms with van der Waals surface area (Å²) in [6, 6.07) is 7.07. The van der Waals surface area contributed by atoms with Crippen molar-refractivity contribution in [1.29, 1.82) is 0 Å². The molecule has 8 heteroatoms. The van der Waals surface area contributed by atoms with E-state index in [0.29, 0.717) is 16.6 Å². The number of rotatable bonds is 5. The zero-order valence-electron chi connectivity index (χ0n) is 14.1. The lowest BCUT2D eigenvalue weighted by molar-refractivity contribution is -0.134. The molecular weight excluding hydrogens is 364 g/mol. The van der Waals surface area contributed by atoms with Gasteiger partial charge in [-0.05, 0) is 18.2 Å². The molecule has 4 nitrogen and oxygen atoms in total. The summed E-state index contributed by atoms with van der Waals surface area (Å²) in [6.07, 6.45) is -0.159. The van der Waals surface area contributed by atoms with E-state index >= 15 is 0 Å². The lowest BCUT2D eigenvalue weighted by Gasteiger charge is -2.06. The van der Waals surface area contributed by atoms with Gasteiger partial charge in [0, 0.05) is 28.7 Å². The number of ether oxygens (including phenoxy) is 1. The Morgan fingerprint density at radius 2 is 2.00 bits per heavy atom. The van der Waals surface area contributed by atoms with Crippen molar-refractivity contribution in [3.8, 4) is 0 Å². The first-order chi connectivity index (χ1) is 12.9. The average Bonchev–Trinajstić information content (AvgIpc) is 2.99. The molecule has 2 aromatic carbocycles. The number of hydrogen-bond donors (Lipinski definition) is 0. The maximum atomic E-state index is 14.0. The summed E-state index contributed by atoms with van der Waals surface area (Å²) < 4.78 is 59.0. The number of hydrogen-bond acceptors (Lipinski definition) is 3. The van der Waals surface area contributed by atoms with Gasteiger partial charge in [-0.3, -0.25) is 4.68 Å². The first kappa shape index (κ1) is 18.6. The fourth-order valence-electron chi connectivity index (χ4n) is 2.62. The summed E-state index contributed by atoms with van der Waals surface area (Å²) >= 11 is 0. The van der Waals surface area contributed by atoms with Gasteiger partial charge in [0.15, 0.2) is 0 Å². The Balaban J connectivity index is 2.10. The van der Waals surface area contributed by atoms with Crippen molar-refractivity contribution in [2.24, 2.45) is 0 Å². The van der Waals surface area contributed by atoms with Crippen LogP contribution in [0, 0.1) is 11.6 Å². The number of carbonyl (C=O) groups is 1. The van der Waals surface area contributed by atoms with Crippen molar-refractivity contribution in [2.75, 3.05) is 7.11 Å². The average molecular weight is 378 g/mol. The van der Waals surface area contributed by atoms with Crippen molar-refractivity contribution in [3.63, 3.8) is 0 Å². The summed E-state index contributed by atoms with van der Waals surface area (Å²) in [5, 5.41) is 4.77. The normalized spacial score (nSPS) is 11.6. The number of methoxy groups -OCH3 is 1. The van der Waals surface area contributed by atoms with Crippen LogP contribution in [0.2, 0.25) is 0 Å². The largest absolute Gasteiger partial charge is 0.466 e. The predicted molar refractivity (Wildman–Crippen MR) is 91.2 cm³/mol. The molecule has 0 aliphatic rings. The maximum absolute atomic E-state index is 14.0. The van der Waals surface area contributed by atoms with Gasteiger partial charge in [-0.25, -0.2) is 22.4 Å². The summed E-state index contributed by atoms with van der Waals surface area (Å²) in [6.45, 7) is -0.0959. The predicted octanol–water partition coefficient (Wildman–Crippen LogP) is 4.49. The number of alkyl halides is 2. The van der Waals surface area contributed by atoms with Crippen LogP contribution in [-0.2, 0) is 16.1 Å². The minimum absolute atomic E-state index is 0.0959. The molecule has 0 saturated heterocycles. The summed E-state index contributed by atoms with van der Waals surface area (Å²) in [7, 11) is 1.22. The molecule has 0 fully saturated rings. The van der Waals surface area contributed by atoms with Crippen LogP contribution in [0.25, 0.3) is 17.0 Å². The van der Waals surface area contributed by atoms with E-state index < -0.39 is 24.0 Å². The molecule has 3 aromatic rings. The van der Waals surface area contributed by atoms with Gasteiger partial charge in [-0.15, -0.1) is 0 Å². The molecule has 0 spiro atoms. The topological polar surface area (TPSA) is 44.1 Å². The SMILES string of the molecule is COC(=O)/C=C/c1nn(Cc2ccc(F)cc2F)c2cc(C(F)F)ccc12. The highest BCUT2D eigenvalue weighted by Crippen LogP contribution is 2.27. The van der Waals surface area contributed by atoms with E-state index in [1.807, 2.05) is 0 Å². The molecular formula is C19H14F4N2O2. The van der Waals surface area contributed by atoms with E-state index in [0.717, 1.165) is 18.2 Å². The second-order valence-electron chi connectivity index (χ2n) is 5.71. The van der Waals surface area contributed by atoms with Gasteiger partial charge < -0.3 is 4.74 Å². The number of nitrogens with zero attached hydrogens (tertiary/aromatic N) is 2. The molecule has 140 valence electrons. The Morgan fingerprint density at radius 3 is 2.67 bits per heavy atom. The van der Waals surface area contributed by atoms with Crippen LogP contribution in [0.1, 0.15) is 23.2 Å². The Bertz CT molecular complexity index is 1030. The first-order valence-electron chi connectivity index (χ1n) is 7.87. The third-order valence-electron chi connectivity index (χ3n) is 3.97. The third kappa shape index (κ3) is 3.99. The van der Waals surface area contributed by atoms with E-state index in [9.17, 15) is 22.4 Å². The molecule has 0 aliphatic heterocycles. The van der Waals surface area contributed by atoms with Crippen LogP contribution in [0.5, 0.6) is 0 Å². The van der Waals surface area contributed by atoms with Gasteiger partial charge in [0.2, 0.25) is 0 Å². The second kappa shape index (κ2) is 7.61. The van der Waals surface area contributed by atoms with E-state index in [1.165, 1.54) is 42.1 Å². The molecule has 0 bridgehead atoms. The van der Waals surface area contributed by atoms with Gasteiger partial charge in [0.1, 0.15) is 11.6 Å². The highest BCUT2D eigenvalue weighted by molar-refractivity contribution is 5.93. The molecule has 0 aliphatic carbocycles. The van der Waals surface area contributed by atoms with E-state index in [2.05, 4.69) is 9.84 Å². The monoisotopic (exact) mass is 378 g/mol. The lowest BCUT2D eigenvalue weighted by atomic mass is 10.1. The van der Waals surface area contributed by atoms with Crippen LogP contribution in [0.3, 0.4) is 0 Å². The van der Waals surface area contributed by atoms with Gasteiger partial charge in [0.25, 0.3) is 6.43 Å². The van der Waals surface area contributed by atoms with Crippen molar-refractivity contribution < 1.29 is 27.1 Å². The zero-order chi connectivity index (χ0) is 19.6. The molecule has 3 rings (SSSR count). The van der Waals surface area contributed by atoms with Crippen LogP contribution in [0.4, 0.5) is 17.6 Å². The van der Waals surface area contributed by atoms with Crippen molar-refractivity contribution in [1.82, 2.24) is 9.78 Å². The lowest BCUT2D eigenvalue weighted by Crippen LogP contribution is -2.04. The quantitative estimate of drug-likeness (QED) is 0.373. The summed E-state index contributed by atoms with van der Waals surface area (Å²) in [5.41, 5.74) is 0.596. The van der Waals surface area contributed by atoms with Crippen LogP contribution >= 0.6 is 0 Å². The van der Waals surface area contributed by atoms with E-state index in [-0.39, 0.29) is 17.7 Å². The number of aromatic nitrogens is 2. The Kier molecular flexibility index (Phi) is 5.25. The Morgan fingerprint density at radius 1 is 1.22 bits per heavy atom. The van der Waals surface area contributed by atoms with Gasteiger partial charge in [-0.2, -0.15) is 5.10 Å². The van der Waals surface area contributed by atoms with Crippen molar-refractivity contribution in [2.45, 2.75) is 13.0 Å². The van der Waals surface area contributed by atoms with E-state index in [4.69, 9.17) is 0 Å². The number of esters is 1. The Hall–Kier alpha value is -3.16. The number of halogens is 4. The molecule has 27 heavy (non-hydrogen) atoms. The fourth-order valence-corrected chi connectivity index (χ4v) is 2.62. The van der Waals surface area contributed by atoms with Crippen molar-refractivity contribution in [3.05, 3.63) is 70.9 Å². The fraction of sp³-hybridized carbons (Fsp3) is 0.158. The molecule has 0 N–H and O–H groups in total. The first-order valence-corrected chi connectivity index (χ1v) is 7.87. The highest BCUT2D eigenvalue weighted by atomic mass is 19.3. The highest BCUT2D eigenvalue weighted by Gasteiger charge is 2.15. The molecule has 0 radical (unpaired) electrons. The van der Waals surface area contributed by atoms with Gasteiger partial charge in [-0.1, -0.05) is 18.2 Å². The standard InChI is InChI=1S/C19H14F4N2O2/c1-27-18(26)7-6-16-14-5-3-11(19(22)23)8-17(14)25(24-16)10-12-2-4-13(20)9-15(12)21/h2-9,19H,10H2,1H3/b7-6+. The van der Waals surface area contributed by atoms with Crippen LogP contribution < -0.4 is 0 Å². The summed E-state index contributed by atoms with van der Waals surface area (Å²) in [5.74, 6) is -2.09. The zero-order valence-corrected chi connectivity index (χ0v) is 14.1. The maximum Gasteiger partial charge on any atom is 0.330 e. The number of benzene rings is 2. The van der Waals surface area contributed by atoms with Crippen molar-refractivity contribution >= 4 is 22.9 Å². The molecule has 0 unspecified atom stereocenters. The molecule has 0 atom stereocenters. The van der Waals surface area contributed by atoms with Gasteiger partial charge >= 0.3 is 5.97 Å². The third-order valence-corrected chi connectivity index (χ3v) is 3.97. The Labute approximate surface area is 151 Å². The second-order valence-corrected chi connectivity index (χ2v) is 5.71. The summed E-state index contributed by atoms with van der Waals surface area (Å²) in [4.78, 5) is 11.3. The molecule has 0 amide bonds.